The normalized spacial score (nSPS) is 34.5. The Hall–Kier alpha value is -1.15. The Labute approximate surface area is 157 Å². The van der Waals surface area contributed by atoms with Crippen molar-refractivity contribution in [2.45, 2.75) is 55.4 Å². The summed E-state index contributed by atoms with van der Waals surface area (Å²) in [6, 6.07) is 3.58. The summed E-state index contributed by atoms with van der Waals surface area (Å²) in [6.45, 7) is 0. The fourth-order valence-electron chi connectivity index (χ4n) is 5.15. The molecular weight excluding hydrogens is 374 g/mol. The molecule has 3 aliphatic carbocycles. The number of aromatic amines is 1. The van der Waals surface area contributed by atoms with Crippen LogP contribution in [-0.2, 0) is 15.6 Å². The summed E-state index contributed by atoms with van der Waals surface area (Å²) in [5.41, 5.74) is 0.621. The number of hydrogen-bond acceptors (Lipinski definition) is 4. The maximum Gasteiger partial charge on any atom is 0.214 e. The summed E-state index contributed by atoms with van der Waals surface area (Å²) >= 11 is 6.21. The fourth-order valence-corrected chi connectivity index (χ4v) is 7.24. The number of hydrogen-bond donors (Lipinski definition) is 3. The van der Waals surface area contributed by atoms with Gasteiger partial charge in [-0.05, 0) is 55.2 Å². The molecule has 3 saturated carbocycles. The lowest BCUT2D eigenvalue weighted by molar-refractivity contribution is 0.0303. The maximum absolute atomic E-state index is 12.5. The quantitative estimate of drug-likeness (QED) is 0.741. The molecule has 8 heteroatoms. The van der Waals surface area contributed by atoms with Gasteiger partial charge in [-0.1, -0.05) is 24.4 Å². The van der Waals surface area contributed by atoms with E-state index in [0.29, 0.717) is 17.9 Å². The van der Waals surface area contributed by atoms with Gasteiger partial charge in [0.05, 0.1) is 22.6 Å². The summed E-state index contributed by atoms with van der Waals surface area (Å²) < 4.78 is 28.0. The number of fused-ring (bicyclic) bond motifs is 2. The number of nitrogens with zero attached hydrogens (tertiary/aromatic N) is 1. The van der Waals surface area contributed by atoms with E-state index in [4.69, 9.17) is 11.6 Å². The summed E-state index contributed by atoms with van der Waals surface area (Å²) in [5.74, 6) is 0.384. The highest BCUT2D eigenvalue weighted by Crippen LogP contribution is 2.60. The fraction of sp³-hybridized carbons (Fsp3) is 0.611. The Morgan fingerprint density at radius 1 is 1.23 bits per heavy atom. The van der Waals surface area contributed by atoms with E-state index < -0.39 is 15.6 Å². The minimum atomic E-state index is -3.24. The zero-order valence-corrected chi connectivity index (χ0v) is 15.9. The average molecular weight is 396 g/mol. The lowest BCUT2D eigenvalue weighted by Crippen LogP contribution is -2.38. The molecule has 3 fully saturated rings. The molecule has 0 radical (unpaired) electrons. The van der Waals surface area contributed by atoms with Crippen molar-refractivity contribution in [1.82, 2.24) is 14.9 Å². The molecular formula is C18H22ClN3O3S. The minimum absolute atomic E-state index is 0.0279. The van der Waals surface area contributed by atoms with Crippen LogP contribution >= 0.6 is 11.6 Å². The molecule has 0 aliphatic heterocycles. The van der Waals surface area contributed by atoms with E-state index in [1.807, 2.05) is 6.07 Å². The van der Waals surface area contributed by atoms with Gasteiger partial charge in [0, 0.05) is 16.5 Å². The Bertz CT molecular complexity index is 955. The van der Waals surface area contributed by atoms with Crippen LogP contribution in [0.3, 0.4) is 0 Å². The standard InChI is InChI=1S/C18H22ClN3O3S/c19-10-5-15(14-9-20-21-16(14)6-10)18(23)7-12-13(8-18)17(12)22-26(24,25)11-3-1-2-4-11/h5-6,9,11-13,17,22-23H,1-4,7-8H2,(H,20,21)/t12-,13+,17+,18+. The number of benzene rings is 1. The molecule has 0 spiro atoms. The molecule has 3 N–H and O–H groups in total. The van der Waals surface area contributed by atoms with Gasteiger partial charge in [-0.3, -0.25) is 5.10 Å². The smallest absolute Gasteiger partial charge is 0.214 e. The lowest BCUT2D eigenvalue weighted by Gasteiger charge is -2.27. The Balaban J connectivity index is 1.34. The molecule has 6 nitrogen and oxygen atoms in total. The zero-order chi connectivity index (χ0) is 18.1. The molecule has 1 aromatic heterocycles. The van der Waals surface area contributed by atoms with Crippen molar-refractivity contribution in [2.75, 3.05) is 0 Å². The first-order valence-corrected chi connectivity index (χ1v) is 11.2. The van der Waals surface area contributed by atoms with Gasteiger partial charge in [0.2, 0.25) is 10.0 Å². The van der Waals surface area contributed by atoms with Crippen LogP contribution in [0, 0.1) is 11.8 Å². The van der Waals surface area contributed by atoms with E-state index in [1.165, 1.54) is 0 Å². The third kappa shape index (κ3) is 2.59. The third-order valence-corrected chi connectivity index (χ3v) is 8.71. The van der Waals surface area contributed by atoms with Gasteiger partial charge < -0.3 is 5.11 Å². The average Bonchev–Trinajstić information content (AvgIpc) is 3.13. The van der Waals surface area contributed by atoms with E-state index in [-0.39, 0.29) is 23.1 Å². The van der Waals surface area contributed by atoms with Gasteiger partial charge in [-0.15, -0.1) is 0 Å². The molecule has 0 saturated heterocycles. The number of aromatic nitrogens is 2. The maximum atomic E-state index is 12.5. The van der Waals surface area contributed by atoms with Crippen LogP contribution in [0.5, 0.6) is 0 Å². The Kier molecular flexibility index (Phi) is 3.71. The van der Waals surface area contributed by atoms with Crippen molar-refractivity contribution in [3.63, 3.8) is 0 Å². The van der Waals surface area contributed by atoms with E-state index >= 15 is 0 Å². The number of nitrogens with one attached hydrogen (secondary N) is 2. The van der Waals surface area contributed by atoms with Gasteiger partial charge in [0.25, 0.3) is 0 Å². The highest BCUT2D eigenvalue weighted by molar-refractivity contribution is 7.90. The molecule has 1 heterocycles. The summed E-state index contributed by atoms with van der Waals surface area (Å²) in [7, 11) is -3.24. The SMILES string of the molecule is O=S(=O)(N[C@H]1[C@@H]2C[C@@](O)(c3cc(Cl)cc4[nH]ncc34)C[C@@H]21)C1CCCC1. The second-order valence-corrected chi connectivity index (χ2v) is 10.6. The van der Waals surface area contributed by atoms with Gasteiger partial charge >= 0.3 is 0 Å². The molecule has 0 bridgehead atoms. The number of aliphatic hydroxyl groups is 1. The summed E-state index contributed by atoms with van der Waals surface area (Å²) in [6.07, 6.45) is 6.34. The van der Waals surface area contributed by atoms with Crippen molar-refractivity contribution in [1.29, 1.82) is 0 Å². The second kappa shape index (κ2) is 5.67. The number of halogens is 1. The van der Waals surface area contributed by atoms with Crippen LogP contribution in [0.25, 0.3) is 10.9 Å². The molecule has 2 aromatic rings. The topological polar surface area (TPSA) is 95.1 Å². The van der Waals surface area contributed by atoms with Gasteiger partial charge in [-0.25, -0.2) is 13.1 Å². The third-order valence-electron chi connectivity index (χ3n) is 6.54. The Morgan fingerprint density at radius 2 is 1.92 bits per heavy atom. The lowest BCUT2D eigenvalue weighted by atomic mass is 9.86. The molecule has 0 amide bonds. The number of H-pyrrole nitrogens is 1. The van der Waals surface area contributed by atoms with Crippen LogP contribution in [0.4, 0.5) is 0 Å². The number of sulfonamides is 1. The molecule has 140 valence electrons. The first-order valence-electron chi connectivity index (χ1n) is 9.24. The predicted molar refractivity (Wildman–Crippen MR) is 99.3 cm³/mol. The van der Waals surface area contributed by atoms with E-state index in [0.717, 1.165) is 42.1 Å². The van der Waals surface area contributed by atoms with Crippen molar-refractivity contribution < 1.29 is 13.5 Å². The van der Waals surface area contributed by atoms with Crippen LogP contribution in [0.15, 0.2) is 18.3 Å². The van der Waals surface area contributed by atoms with Crippen LogP contribution in [0.1, 0.15) is 44.1 Å². The summed E-state index contributed by atoms with van der Waals surface area (Å²) in [4.78, 5) is 0. The van der Waals surface area contributed by atoms with Crippen molar-refractivity contribution in [3.05, 3.63) is 28.9 Å². The van der Waals surface area contributed by atoms with Crippen LogP contribution in [0.2, 0.25) is 5.02 Å². The van der Waals surface area contributed by atoms with Crippen molar-refractivity contribution in [2.24, 2.45) is 11.8 Å². The molecule has 5 rings (SSSR count). The Morgan fingerprint density at radius 3 is 2.62 bits per heavy atom. The van der Waals surface area contributed by atoms with Gasteiger partial charge in [0.1, 0.15) is 0 Å². The van der Waals surface area contributed by atoms with Crippen LogP contribution in [-0.4, -0.2) is 35.0 Å². The van der Waals surface area contributed by atoms with E-state index in [2.05, 4.69) is 14.9 Å². The second-order valence-electron chi connectivity index (χ2n) is 8.15. The van der Waals surface area contributed by atoms with E-state index in [9.17, 15) is 13.5 Å². The minimum Gasteiger partial charge on any atom is -0.385 e. The highest BCUT2D eigenvalue weighted by Gasteiger charge is 2.63. The molecule has 0 unspecified atom stereocenters. The first kappa shape index (κ1) is 17.0. The van der Waals surface area contributed by atoms with E-state index in [1.54, 1.807) is 12.3 Å². The van der Waals surface area contributed by atoms with Crippen LogP contribution < -0.4 is 4.72 Å². The highest BCUT2D eigenvalue weighted by atomic mass is 35.5. The number of rotatable bonds is 4. The largest absolute Gasteiger partial charge is 0.385 e. The van der Waals surface area contributed by atoms with Gasteiger partial charge in [-0.2, -0.15) is 5.10 Å². The zero-order valence-electron chi connectivity index (χ0n) is 14.3. The van der Waals surface area contributed by atoms with Crippen molar-refractivity contribution >= 4 is 32.5 Å². The molecule has 3 aliphatic rings. The molecule has 26 heavy (non-hydrogen) atoms. The first-order chi connectivity index (χ1) is 12.4. The van der Waals surface area contributed by atoms with Crippen molar-refractivity contribution in [3.8, 4) is 0 Å². The van der Waals surface area contributed by atoms with Gasteiger partial charge in [0.15, 0.2) is 0 Å². The molecule has 1 aromatic carbocycles. The molecule has 4 atom stereocenters. The monoisotopic (exact) mass is 395 g/mol. The predicted octanol–water partition coefficient (Wildman–Crippen LogP) is 2.67. The summed E-state index contributed by atoms with van der Waals surface area (Å²) in [5, 5.41) is 19.4.